The van der Waals surface area contributed by atoms with Crippen LogP contribution in [-0.2, 0) is 6.54 Å². The third-order valence-corrected chi connectivity index (χ3v) is 5.54. The number of rotatable bonds is 4. The Labute approximate surface area is 154 Å². The molecule has 4 rings (SSSR count). The van der Waals surface area contributed by atoms with E-state index in [2.05, 4.69) is 27.2 Å². The Kier molecular flexibility index (Phi) is 5.29. The lowest BCUT2D eigenvalue weighted by molar-refractivity contribution is 0.0682. The first kappa shape index (κ1) is 17.2. The van der Waals surface area contributed by atoms with Crippen LogP contribution in [0.4, 0.5) is 0 Å². The standard InChI is InChI=1S/C20H26N4O2/c25-20(24-10-2-1-3-11-24)19-14-18(22-26-19)17-6-12-23(13-7-17)15-16-4-8-21-9-5-16/h4-5,8-9,14,17H,1-3,6-7,10-13,15H2. The van der Waals surface area contributed by atoms with Gasteiger partial charge in [0.2, 0.25) is 5.76 Å². The number of likely N-dealkylation sites (tertiary alicyclic amines) is 2. The summed E-state index contributed by atoms with van der Waals surface area (Å²) in [6.45, 7) is 4.71. The number of hydrogen-bond donors (Lipinski definition) is 0. The minimum atomic E-state index is -0.00132. The highest BCUT2D eigenvalue weighted by molar-refractivity contribution is 5.91. The zero-order valence-electron chi connectivity index (χ0n) is 15.1. The molecule has 6 nitrogen and oxygen atoms in total. The smallest absolute Gasteiger partial charge is 0.292 e. The molecule has 0 aromatic carbocycles. The maximum Gasteiger partial charge on any atom is 0.292 e. The van der Waals surface area contributed by atoms with Gasteiger partial charge in [0.15, 0.2) is 0 Å². The van der Waals surface area contributed by atoms with E-state index in [1.165, 1.54) is 12.0 Å². The molecule has 2 aliphatic heterocycles. The summed E-state index contributed by atoms with van der Waals surface area (Å²) in [7, 11) is 0. The fourth-order valence-corrected chi connectivity index (χ4v) is 3.97. The van der Waals surface area contributed by atoms with Gasteiger partial charge in [-0.25, -0.2) is 0 Å². The molecule has 26 heavy (non-hydrogen) atoms. The van der Waals surface area contributed by atoms with E-state index < -0.39 is 0 Å². The molecule has 0 saturated carbocycles. The van der Waals surface area contributed by atoms with Crippen molar-refractivity contribution in [3.05, 3.63) is 47.6 Å². The number of amides is 1. The molecular weight excluding hydrogens is 328 g/mol. The Morgan fingerprint density at radius 3 is 2.54 bits per heavy atom. The molecule has 2 saturated heterocycles. The topological polar surface area (TPSA) is 62.5 Å². The van der Waals surface area contributed by atoms with Crippen molar-refractivity contribution < 1.29 is 9.32 Å². The molecule has 0 spiro atoms. The minimum absolute atomic E-state index is 0.00132. The predicted molar refractivity (Wildman–Crippen MR) is 97.7 cm³/mol. The Morgan fingerprint density at radius 1 is 1.08 bits per heavy atom. The van der Waals surface area contributed by atoms with Gasteiger partial charge in [0.1, 0.15) is 0 Å². The number of carbonyl (C=O) groups excluding carboxylic acids is 1. The van der Waals surface area contributed by atoms with Gasteiger partial charge in [0.05, 0.1) is 5.69 Å². The van der Waals surface area contributed by atoms with Crippen LogP contribution in [0.1, 0.15) is 59.8 Å². The molecule has 6 heteroatoms. The van der Waals surface area contributed by atoms with Gasteiger partial charge in [-0.05, 0) is 62.9 Å². The normalized spacial score (nSPS) is 19.6. The van der Waals surface area contributed by atoms with E-state index in [4.69, 9.17) is 4.52 Å². The van der Waals surface area contributed by atoms with Crippen LogP contribution in [-0.4, -0.2) is 52.0 Å². The molecule has 138 valence electrons. The van der Waals surface area contributed by atoms with Gasteiger partial charge in [0, 0.05) is 44.0 Å². The molecule has 0 atom stereocenters. The summed E-state index contributed by atoms with van der Waals surface area (Å²) >= 11 is 0. The van der Waals surface area contributed by atoms with Gasteiger partial charge in [-0.1, -0.05) is 5.16 Å². The van der Waals surface area contributed by atoms with E-state index in [1.54, 1.807) is 0 Å². The molecule has 4 heterocycles. The number of pyridine rings is 1. The van der Waals surface area contributed by atoms with Crippen LogP contribution in [0, 0.1) is 0 Å². The quantitative estimate of drug-likeness (QED) is 0.844. The fourth-order valence-electron chi connectivity index (χ4n) is 3.97. The van der Waals surface area contributed by atoms with Crippen molar-refractivity contribution in [1.82, 2.24) is 19.9 Å². The second-order valence-electron chi connectivity index (χ2n) is 7.37. The molecule has 2 fully saturated rings. The molecule has 1 amide bonds. The van der Waals surface area contributed by atoms with Crippen LogP contribution in [0.3, 0.4) is 0 Å². The predicted octanol–water partition coefficient (Wildman–Crippen LogP) is 3.08. The fraction of sp³-hybridized carbons (Fsp3) is 0.550. The monoisotopic (exact) mass is 354 g/mol. The van der Waals surface area contributed by atoms with Gasteiger partial charge in [-0.3, -0.25) is 14.7 Å². The summed E-state index contributed by atoms with van der Waals surface area (Å²) in [5, 5.41) is 4.22. The minimum Gasteiger partial charge on any atom is -0.351 e. The summed E-state index contributed by atoms with van der Waals surface area (Å²) in [6, 6.07) is 6.02. The van der Waals surface area contributed by atoms with Crippen molar-refractivity contribution in [2.24, 2.45) is 0 Å². The lowest BCUT2D eigenvalue weighted by atomic mass is 9.93. The first-order chi connectivity index (χ1) is 12.8. The van der Waals surface area contributed by atoms with Gasteiger partial charge in [-0.2, -0.15) is 0 Å². The second-order valence-corrected chi connectivity index (χ2v) is 7.37. The third kappa shape index (κ3) is 3.96. The SMILES string of the molecule is O=C(c1cc(C2CCN(Cc3ccncc3)CC2)no1)N1CCCCC1. The van der Waals surface area contributed by atoms with Crippen molar-refractivity contribution >= 4 is 5.91 Å². The highest BCUT2D eigenvalue weighted by Gasteiger charge is 2.27. The van der Waals surface area contributed by atoms with Crippen LogP contribution in [0.5, 0.6) is 0 Å². The van der Waals surface area contributed by atoms with E-state index in [0.717, 1.165) is 64.1 Å². The molecule has 0 bridgehead atoms. The first-order valence-corrected chi connectivity index (χ1v) is 9.67. The maximum atomic E-state index is 12.5. The van der Waals surface area contributed by atoms with Crippen molar-refractivity contribution in [2.75, 3.05) is 26.2 Å². The van der Waals surface area contributed by atoms with Gasteiger partial charge in [0.25, 0.3) is 5.91 Å². The summed E-state index contributed by atoms with van der Waals surface area (Å²) in [6.07, 6.45) is 9.18. The average Bonchev–Trinajstić information content (AvgIpc) is 3.20. The van der Waals surface area contributed by atoms with Crippen molar-refractivity contribution in [3.63, 3.8) is 0 Å². The zero-order valence-corrected chi connectivity index (χ0v) is 15.1. The van der Waals surface area contributed by atoms with Crippen LogP contribution in [0.25, 0.3) is 0 Å². The summed E-state index contributed by atoms with van der Waals surface area (Å²) in [4.78, 5) is 21.0. The van der Waals surface area contributed by atoms with Gasteiger partial charge < -0.3 is 9.42 Å². The van der Waals surface area contributed by atoms with E-state index >= 15 is 0 Å². The third-order valence-electron chi connectivity index (χ3n) is 5.54. The molecule has 0 N–H and O–H groups in total. The second kappa shape index (κ2) is 7.99. The van der Waals surface area contributed by atoms with Crippen LogP contribution >= 0.6 is 0 Å². The molecular formula is C20H26N4O2. The maximum absolute atomic E-state index is 12.5. The lowest BCUT2D eigenvalue weighted by Gasteiger charge is -2.30. The average molecular weight is 354 g/mol. The van der Waals surface area contributed by atoms with Crippen LogP contribution in [0.2, 0.25) is 0 Å². The molecule has 2 aromatic rings. The largest absolute Gasteiger partial charge is 0.351 e. The Morgan fingerprint density at radius 2 is 1.81 bits per heavy atom. The first-order valence-electron chi connectivity index (χ1n) is 9.67. The van der Waals surface area contributed by atoms with Crippen molar-refractivity contribution in [2.45, 2.75) is 44.6 Å². The summed E-state index contributed by atoms with van der Waals surface area (Å²) in [5.74, 6) is 0.787. The molecule has 0 unspecified atom stereocenters. The molecule has 0 radical (unpaired) electrons. The van der Waals surface area contributed by atoms with Crippen molar-refractivity contribution in [1.29, 1.82) is 0 Å². The summed E-state index contributed by atoms with van der Waals surface area (Å²) in [5.41, 5.74) is 2.24. The number of aromatic nitrogens is 2. The highest BCUT2D eigenvalue weighted by Crippen LogP contribution is 2.28. The van der Waals surface area contributed by atoms with Gasteiger partial charge in [-0.15, -0.1) is 0 Å². The Balaban J connectivity index is 1.32. The number of carbonyl (C=O) groups is 1. The molecule has 2 aromatic heterocycles. The van der Waals surface area contributed by atoms with Crippen LogP contribution in [0.15, 0.2) is 35.1 Å². The van der Waals surface area contributed by atoms with E-state index in [0.29, 0.717) is 11.7 Å². The summed E-state index contributed by atoms with van der Waals surface area (Å²) < 4.78 is 5.39. The van der Waals surface area contributed by atoms with Crippen LogP contribution < -0.4 is 0 Å². The number of piperidine rings is 2. The zero-order chi connectivity index (χ0) is 17.8. The molecule has 2 aliphatic rings. The number of nitrogens with zero attached hydrogens (tertiary/aromatic N) is 4. The Hall–Kier alpha value is -2.21. The van der Waals surface area contributed by atoms with Crippen molar-refractivity contribution in [3.8, 4) is 0 Å². The highest BCUT2D eigenvalue weighted by atomic mass is 16.5. The number of hydrogen-bond acceptors (Lipinski definition) is 5. The van der Waals surface area contributed by atoms with E-state index in [9.17, 15) is 4.79 Å². The Bertz CT molecular complexity index is 716. The van der Waals surface area contributed by atoms with E-state index in [1.807, 2.05) is 23.4 Å². The van der Waals surface area contributed by atoms with Gasteiger partial charge >= 0.3 is 0 Å². The lowest BCUT2D eigenvalue weighted by Crippen LogP contribution is -2.35. The molecule has 0 aliphatic carbocycles. The van der Waals surface area contributed by atoms with E-state index in [-0.39, 0.29) is 5.91 Å².